The predicted octanol–water partition coefficient (Wildman–Crippen LogP) is 3.09. The first-order chi connectivity index (χ1) is 13.0. The summed E-state index contributed by atoms with van der Waals surface area (Å²) in [7, 11) is 1.73. The van der Waals surface area contributed by atoms with Crippen molar-refractivity contribution < 1.29 is 9.53 Å². The standard InChI is InChI=1S/C21H28N4O2/c1-15-7-5-10-20(11-15)27-16(2)13-23-21(22-4)24-14-18-8-6-9-19(12-18)25-17(3)26/h5-12,16H,13-14H2,1-4H3,(H,25,26)(H2,22,23,24). The summed E-state index contributed by atoms with van der Waals surface area (Å²) >= 11 is 0. The monoisotopic (exact) mass is 368 g/mol. The molecule has 1 unspecified atom stereocenters. The summed E-state index contributed by atoms with van der Waals surface area (Å²) in [6.07, 6.45) is -0.00607. The van der Waals surface area contributed by atoms with E-state index >= 15 is 0 Å². The number of amides is 1. The van der Waals surface area contributed by atoms with Crippen molar-refractivity contribution in [3.05, 3.63) is 59.7 Å². The summed E-state index contributed by atoms with van der Waals surface area (Å²) in [6, 6.07) is 15.7. The third-order valence-corrected chi connectivity index (χ3v) is 3.81. The van der Waals surface area contributed by atoms with Crippen LogP contribution in [0, 0.1) is 6.92 Å². The van der Waals surface area contributed by atoms with E-state index in [9.17, 15) is 4.79 Å². The van der Waals surface area contributed by atoms with Crippen LogP contribution in [-0.2, 0) is 11.3 Å². The molecule has 0 radical (unpaired) electrons. The van der Waals surface area contributed by atoms with Gasteiger partial charge in [-0.2, -0.15) is 0 Å². The van der Waals surface area contributed by atoms with E-state index in [0.717, 1.165) is 17.0 Å². The number of hydrogen-bond donors (Lipinski definition) is 3. The van der Waals surface area contributed by atoms with Gasteiger partial charge in [0.1, 0.15) is 11.9 Å². The lowest BCUT2D eigenvalue weighted by Gasteiger charge is -2.18. The first-order valence-corrected chi connectivity index (χ1v) is 9.00. The Bertz CT molecular complexity index is 789. The minimum atomic E-state index is -0.0832. The van der Waals surface area contributed by atoms with Gasteiger partial charge < -0.3 is 20.7 Å². The molecule has 2 aromatic carbocycles. The van der Waals surface area contributed by atoms with Crippen LogP contribution in [0.1, 0.15) is 25.0 Å². The van der Waals surface area contributed by atoms with Gasteiger partial charge in [0.25, 0.3) is 0 Å². The maximum Gasteiger partial charge on any atom is 0.221 e. The Labute approximate surface area is 161 Å². The molecule has 2 rings (SSSR count). The maximum absolute atomic E-state index is 11.2. The van der Waals surface area contributed by atoms with Gasteiger partial charge in [-0.05, 0) is 49.2 Å². The smallest absolute Gasteiger partial charge is 0.221 e. The number of guanidine groups is 1. The van der Waals surface area contributed by atoms with Gasteiger partial charge in [0.05, 0.1) is 6.54 Å². The first-order valence-electron chi connectivity index (χ1n) is 9.00. The Morgan fingerprint density at radius 2 is 1.93 bits per heavy atom. The summed E-state index contributed by atoms with van der Waals surface area (Å²) in [6.45, 7) is 6.78. The number of hydrogen-bond acceptors (Lipinski definition) is 3. The highest BCUT2D eigenvalue weighted by atomic mass is 16.5. The largest absolute Gasteiger partial charge is 0.489 e. The highest BCUT2D eigenvalue weighted by Crippen LogP contribution is 2.14. The van der Waals surface area contributed by atoms with Crippen molar-refractivity contribution in [2.45, 2.75) is 33.4 Å². The van der Waals surface area contributed by atoms with Gasteiger partial charge >= 0.3 is 0 Å². The fourth-order valence-corrected chi connectivity index (χ4v) is 2.57. The van der Waals surface area contributed by atoms with E-state index in [-0.39, 0.29) is 12.0 Å². The summed E-state index contributed by atoms with van der Waals surface area (Å²) in [5, 5.41) is 9.32. The van der Waals surface area contributed by atoms with E-state index in [1.807, 2.05) is 62.4 Å². The second-order valence-corrected chi connectivity index (χ2v) is 6.43. The number of ether oxygens (including phenoxy) is 1. The van der Waals surface area contributed by atoms with Gasteiger partial charge in [0.2, 0.25) is 5.91 Å². The molecule has 0 heterocycles. The molecule has 6 heteroatoms. The molecule has 6 nitrogen and oxygen atoms in total. The van der Waals surface area contributed by atoms with Crippen LogP contribution in [0.4, 0.5) is 5.69 Å². The highest BCUT2D eigenvalue weighted by Gasteiger charge is 2.06. The van der Waals surface area contributed by atoms with Crippen molar-refractivity contribution in [2.24, 2.45) is 4.99 Å². The molecule has 0 aromatic heterocycles. The lowest BCUT2D eigenvalue weighted by atomic mass is 10.2. The van der Waals surface area contributed by atoms with Crippen molar-refractivity contribution in [2.75, 3.05) is 18.9 Å². The molecule has 0 saturated carbocycles. The lowest BCUT2D eigenvalue weighted by Crippen LogP contribution is -2.41. The fourth-order valence-electron chi connectivity index (χ4n) is 2.57. The Morgan fingerprint density at radius 3 is 2.63 bits per heavy atom. The van der Waals surface area contributed by atoms with Gasteiger partial charge in [-0.15, -0.1) is 0 Å². The minimum Gasteiger partial charge on any atom is -0.489 e. The molecular weight excluding hydrogens is 340 g/mol. The van der Waals surface area contributed by atoms with Crippen LogP contribution in [0.2, 0.25) is 0 Å². The zero-order valence-corrected chi connectivity index (χ0v) is 16.4. The third-order valence-electron chi connectivity index (χ3n) is 3.81. The highest BCUT2D eigenvalue weighted by molar-refractivity contribution is 5.88. The number of aryl methyl sites for hydroxylation is 1. The summed E-state index contributed by atoms with van der Waals surface area (Å²) in [5.74, 6) is 1.47. The van der Waals surface area contributed by atoms with Crippen LogP contribution in [0.15, 0.2) is 53.5 Å². The maximum atomic E-state index is 11.2. The van der Waals surface area contributed by atoms with Gasteiger partial charge in [0, 0.05) is 26.2 Å². The van der Waals surface area contributed by atoms with Crippen LogP contribution in [0.25, 0.3) is 0 Å². The zero-order valence-electron chi connectivity index (χ0n) is 16.4. The average Bonchev–Trinajstić information content (AvgIpc) is 2.61. The molecule has 0 aliphatic carbocycles. The molecule has 2 aromatic rings. The fraction of sp³-hybridized carbons (Fsp3) is 0.333. The van der Waals surface area contributed by atoms with Crippen LogP contribution < -0.4 is 20.7 Å². The molecule has 0 aliphatic rings. The van der Waals surface area contributed by atoms with Crippen molar-refractivity contribution in [1.29, 1.82) is 0 Å². The second kappa shape index (κ2) is 10.2. The summed E-state index contributed by atoms with van der Waals surface area (Å²) < 4.78 is 5.92. The predicted molar refractivity (Wildman–Crippen MR) is 110 cm³/mol. The number of carbonyl (C=O) groups excluding carboxylic acids is 1. The van der Waals surface area contributed by atoms with Crippen LogP contribution >= 0.6 is 0 Å². The molecule has 3 N–H and O–H groups in total. The third kappa shape index (κ3) is 7.40. The van der Waals surface area contributed by atoms with E-state index in [1.54, 1.807) is 7.05 Å². The Balaban J connectivity index is 1.81. The molecule has 1 amide bonds. The molecule has 0 saturated heterocycles. The molecule has 0 fully saturated rings. The van der Waals surface area contributed by atoms with Crippen molar-refractivity contribution >= 4 is 17.6 Å². The van der Waals surface area contributed by atoms with E-state index < -0.39 is 0 Å². The number of anilines is 1. The van der Waals surface area contributed by atoms with Crippen LogP contribution in [-0.4, -0.2) is 31.6 Å². The van der Waals surface area contributed by atoms with Crippen molar-refractivity contribution in [1.82, 2.24) is 10.6 Å². The van der Waals surface area contributed by atoms with Crippen LogP contribution in [0.5, 0.6) is 5.75 Å². The van der Waals surface area contributed by atoms with Crippen molar-refractivity contribution in [3.8, 4) is 5.75 Å². The number of rotatable bonds is 7. The number of nitrogens with zero attached hydrogens (tertiary/aromatic N) is 1. The minimum absolute atomic E-state index is 0.00607. The SMILES string of the molecule is CN=C(NCc1cccc(NC(C)=O)c1)NCC(C)Oc1cccc(C)c1. The number of nitrogens with one attached hydrogen (secondary N) is 3. The zero-order chi connectivity index (χ0) is 19.6. The van der Waals surface area contributed by atoms with Gasteiger partial charge in [-0.25, -0.2) is 0 Å². The normalized spacial score (nSPS) is 12.2. The molecule has 0 aliphatic heterocycles. The quantitative estimate of drug-likeness (QED) is 0.519. The van der Waals surface area contributed by atoms with Gasteiger partial charge in [-0.3, -0.25) is 9.79 Å². The number of carbonyl (C=O) groups is 1. The molecule has 1 atom stereocenters. The van der Waals surface area contributed by atoms with Crippen LogP contribution in [0.3, 0.4) is 0 Å². The summed E-state index contributed by atoms with van der Waals surface area (Å²) in [5.41, 5.74) is 3.00. The molecular formula is C21H28N4O2. The van der Waals surface area contributed by atoms with E-state index in [1.165, 1.54) is 12.5 Å². The summed E-state index contributed by atoms with van der Waals surface area (Å²) in [4.78, 5) is 15.4. The molecule has 0 bridgehead atoms. The molecule has 27 heavy (non-hydrogen) atoms. The Kier molecular flexibility index (Phi) is 7.67. The lowest BCUT2D eigenvalue weighted by molar-refractivity contribution is -0.114. The number of aliphatic imine (C=N–C) groups is 1. The van der Waals surface area contributed by atoms with E-state index in [4.69, 9.17) is 4.74 Å². The molecule has 0 spiro atoms. The number of benzene rings is 2. The second-order valence-electron chi connectivity index (χ2n) is 6.43. The van der Waals surface area contributed by atoms with E-state index in [2.05, 4.69) is 20.9 Å². The van der Waals surface area contributed by atoms with Gasteiger partial charge in [0.15, 0.2) is 5.96 Å². The van der Waals surface area contributed by atoms with Gasteiger partial charge in [-0.1, -0.05) is 24.3 Å². The Hall–Kier alpha value is -3.02. The van der Waals surface area contributed by atoms with Crippen molar-refractivity contribution in [3.63, 3.8) is 0 Å². The Morgan fingerprint density at radius 1 is 1.15 bits per heavy atom. The first kappa shape index (κ1) is 20.3. The van der Waals surface area contributed by atoms with E-state index in [0.29, 0.717) is 19.0 Å². The average molecular weight is 368 g/mol. The topological polar surface area (TPSA) is 74.8 Å². The molecule has 144 valence electrons.